The van der Waals surface area contributed by atoms with Crippen molar-refractivity contribution in [2.45, 2.75) is 69.6 Å². The van der Waals surface area contributed by atoms with Crippen LogP contribution in [0, 0.1) is 6.92 Å². The molecule has 1 spiro atoms. The number of allylic oxidation sites excluding steroid dienone is 8. The Morgan fingerprint density at radius 1 is 1.05 bits per heavy atom. The minimum Gasteiger partial charge on any atom is -0.481 e. The van der Waals surface area contributed by atoms with E-state index in [1.807, 2.05) is 6.08 Å². The van der Waals surface area contributed by atoms with Gasteiger partial charge in [0.15, 0.2) is 0 Å². The smallest absolute Gasteiger partial charge is 0.305 e. The molecule has 198 valence electrons. The van der Waals surface area contributed by atoms with Crippen molar-refractivity contribution in [2.75, 3.05) is 11.4 Å². The fourth-order valence-electron chi connectivity index (χ4n) is 6.48. The molecule has 1 fully saturated rings. The van der Waals surface area contributed by atoms with E-state index < -0.39 is 5.97 Å². The van der Waals surface area contributed by atoms with Crippen LogP contribution in [-0.4, -0.2) is 17.6 Å². The highest BCUT2D eigenvalue weighted by molar-refractivity contribution is 5.74. The van der Waals surface area contributed by atoms with E-state index in [0.717, 1.165) is 30.5 Å². The summed E-state index contributed by atoms with van der Waals surface area (Å²) in [5.74, 6) is -0.764. The normalized spacial score (nSPS) is 19.2. The molecule has 1 heterocycles. The highest BCUT2D eigenvalue weighted by atomic mass is 16.4. The summed E-state index contributed by atoms with van der Waals surface area (Å²) in [5, 5.41) is 9.43. The van der Waals surface area contributed by atoms with Crippen molar-refractivity contribution in [1.82, 2.24) is 0 Å². The monoisotopic (exact) mass is 507 g/mol. The van der Waals surface area contributed by atoms with E-state index in [4.69, 9.17) is 0 Å². The molecule has 1 aliphatic heterocycles. The summed E-state index contributed by atoms with van der Waals surface area (Å²) in [5.41, 5.74) is 7.08. The minimum absolute atomic E-state index is 0.0294. The zero-order valence-electron chi connectivity index (χ0n) is 23.0. The van der Waals surface area contributed by atoms with Crippen molar-refractivity contribution in [3.63, 3.8) is 0 Å². The first-order valence-electron chi connectivity index (χ1n) is 13.8. The molecule has 1 saturated carbocycles. The highest BCUT2D eigenvalue weighted by Gasteiger charge is 2.47. The van der Waals surface area contributed by atoms with E-state index in [9.17, 15) is 9.90 Å². The molecule has 1 N–H and O–H groups in total. The van der Waals surface area contributed by atoms with E-state index in [1.165, 1.54) is 41.6 Å². The molecular formula is C35H41NO2. The number of carboxylic acid groups (broad SMARTS) is 1. The number of hydrogen-bond donors (Lipinski definition) is 1. The van der Waals surface area contributed by atoms with Crippen LogP contribution < -0.4 is 4.90 Å². The van der Waals surface area contributed by atoms with Crippen molar-refractivity contribution >= 4 is 11.7 Å². The van der Waals surface area contributed by atoms with E-state index in [2.05, 4.69) is 111 Å². The van der Waals surface area contributed by atoms with Gasteiger partial charge in [0.1, 0.15) is 0 Å². The third-order valence-electron chi connectivity index (χ3n) is 8.52. The topological polar surface area (TPSA) is 40.5 Å². The maximum Gasteiger partial charge on any atom is 0.305 e. The third kappa shape index (κ3) is 5.34. The molecule has 0 radical (unpaired) electrons. The number of carboxylic acids is 1. The number of fused-ring (bicyclic) bond motifs is 2. The van der Waals surface area contributed by atoms with Gasteiger partial charge >= 0.3 is 5.97 Å². The number of aliphatic carboxylic acids is 1. The van der Waals surface area contributed by atoms with Crippen molar-refractivity contribution in [3.8, 4) is 0 Å². The summed E-state index contributed by atoms with van der Waals surface area (Å²) in [7, 11) is 0. The number of hydrogen-bond acceptors (Lipinski definition) is 2. The van der Waals surface area contributed by atoms with Gasteiger partial charge in [0.05, 0.1) is 6.42 Å². The molecule has 1 unspecified atom stereocenters. The molecule has 38 heavy (non-hydrogen) atoms. The summed E-state index contributed by atoms with van der Waals surface area (Å²) in [4.78, 5) is 13.7. The molecular weight excluding hydrogens is 466 g/mol. The number of rotatable bonds is 10. The third-order valence-corrected chi connectivity index (χ3v) is 8.52. The zero-order valence-corrected chi connectivity index (χ0v) is 23.0. The molecule has 0 bridgehead atoms. The van der Waals surface area contributed by atoms with Gasteiger partial charge in [0.25, 0.3) is 0 Å². The average molecular weight is 508 g/mol. The lowest BCUT2D eigenvalue weighted by molar-refractivity contribution is -0.136. The van der Waals surface area contributed by atoms with Crippen molar-refractivity contribution in [2.24, 2.45) is 0 Å². The van der Waals surface area contributed by atoms with Crippen LogP contribution in [0.15, 0.2) is 109 Å². The first kappa shape index (κ1) is 27.4. The molecule has 3 nitrogen and oxygen atoms in total. The van der Waals surface area contributed by atoms with Crippen molar-refractivity contribution in [3.05, 3.63) is 126 Å². The van der Waals surface area contributed by atoms with E-state index >= 15 is 0 Å². The van der Waals surface area contributed by atoms with Gasteiger partial charge in [-0.25, -0.2) is 0 Å². The molecule has 1 atom stereocenters. The summed E-state index contributed by atoms with van der Waals surface area (Å²) < 4.78 is 0. The Kier molecular flexibility index (Phi) is 8.56. The number of aryl methyl sites for hydroxylation is 1. The Hall–Kier alpha value is -3.59. The minimum atomic E-state index is -0.764. The maximum absolute atomic E-state index is 11.5. The Labute approximate surface area is 228 Å². The van der Waals surface area contributed by atoms with Crippen LogP contribution in [0.2, 0.25) is 0 Å². The number of anilines is 1. The lowest BCUT2D eigenvalue weighted by Gasteiger charge is -2.37. The predicted molar refractivity (Wildman–Crippen MR) is 160 cm³/mol. The van der Waals surface area contributed by atoms with E-state index in [-0.39, 0.29) is 17.3 Å². The molecule has 0 aromatic heterocycles. The second-order valence-corrected chi connectivity index (χ2v) is 10.9. The Balaban J connectivity index is 1.62. The Morgan fingerprint density at radius 3 is 2.47 bits per heavy atom. The average Bonchev–Trinajstić information content (AvgIpc) is 3.16. The fraction of sp³-hybridized carbons (Fsp3) is 0.343. The summed E-state index contributed by atoms with van der Waals surface area (Å²) in [6, 6.07) is 17.1. The van der Waals surface area contributed by atoms with E-state index in [0.29, 0.717) is 6.54 Å². The number of carbonyl (C=O) groups is 1. The molecule has 2 aromatic rings. The fourth-order valence-corrected chi connectivity index (χ4v) is 6.48. The Bertz CT molecular complexity index is 1270. The van der Waals surface area contributed by atoms with Gasteiger partial charge in [-0.1, -0.05) is 106 Å². The van der Waals surface area contributed by atoms with Crippen LogP contribution in [0.1, 0.15) is 68.6 Å². The van der Waals surface area contributed by atoms with Crippen LogP contribution in [0.5, 0.6) is 0 Å². The molecule has 2 aromatic carbocycles. The number of para-hydroxylation sites is 1. The molecule has 3 heteroatoms. The van der Waals surface area contributed by atoms with Crippen molar-refractivity contribution in [1.29, 1.82) is 0 Å². The molecule has 1 aliphatic carbocycles. The molecule has 2 aliphatic rings. The van der Waals surface area contributed by atoms with Gasteiger partial charge in [0, 0.05) is 28.8 Å². The second kappa shape index (κ2) is 11.9. The van der Waals surface area contributed by atoms with Crippen LogP contribution in [0.3, 0.4) is 0 Å². The van der Waals surface area contributed by atoms with Crippen LogP contribution >= 0.6 is 0 Å². The quantitative estimate of drug-likeness (QED) is 0.259. The first-order chi connectivity index (χ1) is 18.3. The largest absolute Gasteiger partial charge is 0.481 e. The van der Waals surface area contributed by atoms with Crippen molar-refractivity contribution < 1.29 is 9.90 Å². The van der Waals surface area contributed by atoms with Gasteiger partial charge in [-0.3, -0.25) is 4.79 Å². The SMILES string of the molecule is C=CCC(C)(C(=C)/C=C/C=C/C=C1/N(CCC(=O)O)c2ccccc2C12CCCCC2)c1ccccc1C. The molecule has 0 amide bonds. The highest BCUT2D eigenvalue weighted by Crippen LogP contribution is 2.55. The summed E-state index contributed by atoms with van der Waals surface area (Å²) >= 11 is 0. The number of benzene rings is 2. The van der Waals surface area contributed by atoms with Crippen LogP contribution in [0.4, 0.5) is 5.69 Å². The van der Waals surface area contributed by atoms with Crippen LogP contribution in [0.25, 0.3) is 0 Å². The number of nitrogens with zero attached hydrogens (tertiary/aromatic N) is 1. The van der Waals surface area contributed by atoms with E-state index in [1.54, 1.807) is 0 Å². The van der Waals surface area contributed by atoms with Gasteiger partial charge in [-0.15, -0.1) is 6.58 Å². The van der Waals surface area contributed by atoms with Gasteiger partial charge < -0.3 is 10.0 Å². The molecule has 0 saturated heterocycles. The van der Waals surface area contributed by atoms with Gasteiger partial charge in [-0.2, -0.15) is 0 Å². The van der Waals surface area contributed by atoms with Gasteiger partial charge in [0.2, 0.25) is 0 Å². The summed E-state index contributed by atoms with van der Waals surface area (Å²) in [6.07, 6.45) is 19.3. The Morgan fingerprint density at radius 2 is 1.76 bits per heavy atom. The van der Waals surface area contributed by atoms with Crippen LogP contribution in [-0.2, 0) is 15.6 Å². The lowest BCUT2D eigenvalue weighted by atomic mass is 9.68. The standard InChI is InChI=1S/C35H41NO2/c1-5-23-34(4,29-18-11-10-16-27(29)2)28(3)17-8-6-9-21-32-35(24-14-7-15-25-35)30-19-12-13-20-31(30)36(32)26-22-33(37)38/h5-6,8-13,16-21H,1,3,7,14-15,22-26H2,2,4H3,(H,37,38)/b9-6+,17-8+,32-21+. The first-order valence-corrected chi connectivity index (χ1v) is 13.8. The zero-order chi connectivity index (χ0) is 27.2. The predicted octanol–water partition coefficient (Wildman–Crippen LogP) is 8.58. The molecule has 4 rings (SSSR count). The summed E-state index contributed by atoms with van der Waals surface area (Å²) in [6.45, 7) is 13.3. The lowest BCUT2D eigenvalue weighted by Crippen LogP contribution is -2.34. The van der Waals surface area contributed by atoms with Gasteiger partial charge in [-0.05, 0) is 60.6 Å². The maximum atomic E-state index is 11.5. The second-order valence-electron chi connectivity index (χ2n) is 10.9.